The Hall–Kier alpha value is -4.36. The highest BCUT2D eigenvalue weighted by Gasteiger charge is 2.12. The summed E-state index contributed by atoms with van der Waals surface area (Å²) < 4.78 is 0. The molecule has 2 aromatic heterocycles. The molecule has 4 N–H and O–H groups in total. The molecule has 0 saturated heterocycles. The molecule has 0 aliphatic rings. The summed E-state index contributed by atoms with van der Waals surface area (Å²) in [6, 6.07) is 7.33. The Morgan fingerprint density at radius 1 is 0.714 bits per heavy atom. The lowest BCUT2D eigenvalue weighted by atomic mass is 10.2. The second-order valence-electron chi connectivity index (χ2n) is 4.63. The van der Waals surface area contributed by atoms with Crippen molar-refractivity contribution in [1.29, 1.82) is 0 Å². The van der Waals surface area contributed by atoms with E-state index in [0.717, 1.165) is 11.1 Å². The Morgan fingerprint density at radius 3 is 1.21 bits per heavy atom. The van der Waals surface area contributed by atoms with Crippen LogP contribution in [0.1, 0.15) is 11.1 Å². The fraction of sp³-hybridized carbons (Fsp3) is 0.143. The molecule has 0 fully saturated rings. The molecule has 0 bridgehead atoms. The van der Waals surface area contributed by atoms with E-state index >= 15 is 0 Å². The highest BCUT2D eigenvalue weighted by Crippen LogP contribution is 1.94. The average Bonchev–Trinajstić information content (AvgIpc) is 2.65. The number of amides is 2. The predicted molar refractivity (Wildman–Crippen MR) is 90.4 cm³/mol. The molecule has 0 spiro atoms. The molecule has 0 atom stereocenters. The van der Waals surface area contributed by atoms with Crippen LogP contribution in [0.5, 0.6) is 0 Å². The van der Waals surface area contributed by atoms with Gasteiger partial charge in [0.2, 0.25) is 0 Å². The van der Waals surface area contributed by atoms with E-state index in [2.05, 4.69) is 20.6 Å². The fourth-order valence-corrected chi connectivity index (χ4v) is 1.60. The van der Waals surface area contributed by atoms with Gasteiger partial charge in [-0.3, -0.25) is 9.59 Å². The van der Waals surface area contributed by atoms with Crippen LogP contribution in [0.2, 0.25) is 0 Å². The minimum absolute atomic E-state index is 0.321. The lowest BCUT2D eigenvalue weighted by Gasteiger charge is -2.05. The number of H-pyrrole nitrogens is 2. The summed E-state index contributed by atoms with van der Waals surface area (Å²) in [6.45, 7) is 0.641. The third kappa shape index (κ3) is 14.0. The Balaban J connectivity index is 0.000000776. The van der Waals surface area contributed by atoms with E-state index in [1.807, 2.05) is 24.3 Å². The van der Waals surface area contributed by atoms with Gasteiger partial charge in [-0.15, -0.1) is 0 Å². The third-order valence-corrected chi connectivity index (χ3v) is 2.69. The van der Waals surface area contributed by atoms with E-state index < -0.39 is 22.0 Å². The Labute approximate surface area is 157 Å². The molecule has 0 radical (unpaired) electrons. The van der Waals surface area contributed by atoms with Crippen molar-refractivity contribution in [1.82, 2.24) is 10.6 Å². The maximum atomic E-state index is 11.6. The molecule has 150 valence electrons. The maximum absolute atomic E-state index is 11.6. The number of carbonyl (C=O) groups is 2. The van der Waals surface area contributed by atoms with Crippen LogP contribution in [0.25, 0.3) is 0 Å². The van der Waals surface area contributed by atoms with Gasteiger partial charge in [-0.25, -0.2) is 9.97 Å². The molecule has 0 aliphatic heterocycles. The number of pyridine rings is 2. The molecular weight excluding hydrogens is 380 g/mol. The van der Waals surface area contributed by atoms with Crippen molar-refractivity contribution in [3.8, 4) is 0 Å². The highest BCUT2D eigenvalue weighted by atomic mass is 16.9. The van der Waals surface area contributed by atoms with E-state index in [1.165, 1.54) is 0 Å². The molecule has 14 nitrogen and oxygen atoms in total. The van der Waals surface area contributed by atoms with E-state index in [1.54, 1.807) is 24.8 Å². The summed E-state index contributed by atoms with van der Waals surface area (Å²) in [4.78, 5) is 45.5. The van der Waals surface area contributed by atoms with Crippen LogP contribution in [0.3, 0.4) is 0 Å². The minimum atomic E-state index is -1.75. The number of hydrogen-bond donors (Lipinski definition) is 2. The Morgan fingerprint density at radius 2 is 0.964 bits per heavy atom. The van der Waals surface area contributed by atoms with Gasteiger partial charge in [0.1, 0.15) is 0 Å². The zero-order valence-corrected chi connectivity index (χ0v) is 14.2. The minimum Gasteiger partial charge on any atom is -0.356 e. The number of aromatic nitrogens is 2. The van der Waals surface area contributed by atoms with Crippen molar-refractivity contribution in [3.63, 3.8) is 0 Å². The quantitative estimate of drug-likeness (QED) is 0.361. The van der Waals surface area contributed by atoms with Crippen molar-refractivity contribution in [2.24, 2.45) is 0 Å². The van der Waals surface area contributed by atoms with Gasteiger partial charge in [0, 0.05) is 37.4 Å². The van der Waals surface area contributed by atoms with Crippen LogP contribution in [-0.4, -0.2) is 22.0 Å². The van der Waals surface area contributed by atoms with E-state index in [0.29, 0.717) is 13.1 Å². The third-order valence-electron chi connectivity index (χ3n) is 2.69. The summed E-state index contributed by atoms with van der Waals surface area (Å²) in [6.07, 6.45) is 7.03. The molecule has 2 aromatic rings. The topological polar surface area (TPSA) is 219 Å². The second kappa shape index (κ2) is 13.9. The Bertz CT molecular complexity index is 685. The van der Waals surface area contributed by atoms with Gasteiger partial charge >= 0.3 is 11.8 Å². The first-order valence-corrected chi connectivity index (χ1v) is 7.31. The molecule has 14 heteroatoms. The number of nitrogens with one attached hydrogen (secondary N) is 4. The highest BCUT2D eigenvalue weighted by molar-refractivity contribution is 6.35. The SMILES string of the molecule is O=C(NCc1cc[nH+]cc1)C(=O)NCc1cc[nH+]cc1.O=[N+]([O-])[O-].O=[N+]([O-])[O-]. The molecule has 2 amide bonds. The largest absolute Gasteiger partial charge is 0.356 e. The van der Waals surface area contributed by atoms with Crippen molar-refractivity contribution in [3.05, 3.63) is 90.8 Å². The van der Waals surface area contributed by atoms with Crippen molar-refractivity contribution < 1.29 is 29.7 Å². The molecule has 2 heterocycles. The van der Waals surface area contributed by atoms with E-state index in [9.17, 15) is 9.59 Å². The number of carbonyl (C=O) groups excluding carboxylic acids is 2. The van der Waals surface area contributed by atoms with Crippen LogP contribution < -0.4 is 20.6 Å². The van der Waals surface area contributed by atoms with Gasteiger partial charge in [-0.2, -0.15) is 0 Å². The van der Waals surface area contributed by atoms with E-state index in [-0.39, 0.29) is 0 Å². The van der Waals surface area contributed by atoms with Gasteiger partial charge in [0.05, 0.1) is 10.2 Å². The van der Waals surface area contributed by atoms with Crippen molar-refractivity contribution in [2.75, 3.05) is 0 Å². The first-order chi connectivity index (χ1) is 13.2. The van der Waals surface area contributed by atoms with Gasteiger partial charge in [0.25, 0.3) is 0 Å². The zero-order valence-electron chi connectivity index (χ0n) is 14.2. The van der Waals surface area contributed by atoms with Crippen LogP contribution in [0.4, 0.5) is 0 Å². The summed E-state index contributed by atoms with van der Waals surface area (Å²) in [5.41, 5.74) is 1.84. The van der Waals surface area contributed by atoms with Crippen molar-refractivity contribution in [2.45, 2.75) is 13.1 Å². The van der Waals surface area contributed by atoms with Gasteiger partial charge in [-0.05, 0) is 11.1 Å². The predicted octanol–water partition coefficient (Wildman–Crippen LogP) is -1.23. The fourth-order valence-electron chi connectivity index (χ4n) is 1.60. The molecule has 0 aromatic carbocycles. The molecule has 28 heavy (non-hydrogen) atoms. The summed E-state index contributed by atoms with van der Waals surface area (Å²) in [7, 11) is 0. The summed E-state index contributed by atoms with van der Waals surface area (Å²) in [5, 5.41) is 34.6. The lowest BCUT2D eigenvalue weighted by Crippen LogP contribution is -2.39. The number of aromatic amines is 2. The lowest BCUT2D eigenvalue weighted by molar-refractivity contribution is -0.403. The van der Waals surface area contributed by atoms with Crippen molar-refractivity contribution >= 4 is 11.8 Å². The zero-order chi connectivity index (χ0) is 21.4. The van der Waals surface area contributed by atoms with Gasteiger partial charge in [0.15, 0.2) is 24.8 Å². The standard InChI is InChI=1S/C14H14N4O2.2NO3/c19-13(17-9-11-1-5-15-6-2-11)14(20)18-10-12-3-7-16-8-4-12;2*2-1(3)4/h1-8H,9-10H2,(H,17,19)(H,18,20);;/q;2*-1/p+2. The van der Waals surface area contributed by atoms with Gasteiger partial charge < -0.3 is 41.3 Å². The number of rotatable bonds is 4. The first-order valence-electron chi connectivity index (χ1n) is 7.31. The van der Waals surface area contributed by atoms with E-state index in [4.69, 9.17) is 30.6 Å². The van der Waals surface area contributed by atoms with Crippen LogP contribution in [0, 0.1) is 30.6 Å². The maximum Gasteiger partial charge on any atom is 0.309 e. The molecule has 0 saturated carbocycles. The van der Waals surface area contributed by atoms with Gasteiger partial charge in [-0.1, -0.05) is 0 Å². The monoisotopic (exact) mass is 396 g/mol. The number of hydrogen-bond acceptors (Lipinski definition) is 8. The average molecular weight is 396 g/mol. The number of nitrogens with zero attached hydrogens (tertiary/aromatic N) is 2. The molecule has 0 unspecified atom stereocenters. The van der Waals surface area contributed by atoms with Crippen LogP contribution in [0.15, 0.2) is 49.1 Å². The summed E-state index contributed by atoms with van der Waals surface area (Å²) >= 11 is 0. The Kier molecular flexibility index (Phi) is 11.7. The van der Waals surface area contributed by atoms with Crippen LogP contribution in [-0.2, 0) is 22.7 Å². The molecule has 0 aliphatic carbocycles. The molecular formula is C14H16N6O8. The summed E-state index contributed by atoms with van der Waals surface area (Å²) in [5.74, 6) is -1.28. The first kappa shape index (κ1) is 23.6. The normalized spacial score (nSPS) is 8.71. The second-order valence-corrected chi connectivity index (χ2v) is 4.63. The smallest absolute Gasteiger partial charge is 0.309 e. The molecule has 2 rings (SSSR count). The van der Waals surface area contributed by atoms with Crippen LogP contribution >= 0.6 is 0 Å².